The normalized spacial score (nSPS) is 10.9. The zero-order valence-corrected chi connectivity index (χ0v) is 13.9. The maximum Gasteiger partial charge on any atom is 0.355 e. The number of nitrogens with one attached hydrogen (secondary N) is 1. The lowest BCUT2D eigenvalue weighted by Gasteiger charge is -2.07. The maximum absolute atomic E-state index is 14.1. The van der Waals surface area contributed by atoms with E-state index in [0.29, 0.717) is 10.6 Å². The highest BCUT2D eigenvalue weighted by Crippen LogP contribution is 2.32. The summed E-state index contributed by atoms with van der Waals surface area (Å²) in [5, 5.41) is 9.33. The maximum atomic E-state index is 14.1. The molecule has 0 fully saturated rings. The average molecular weight is 338 g/mol. The Labute approximate surface area is 140 Å². The fourth-order valence-corrected chi connectivity index (χ4v) is 2.93. The van der Waals surface area contributed by atoms with Gasteiger partial charge in [0.15, 0.2) is 11.5 Å². The number of aromatic carboxylic acids is 1. The van der Waals surface area contributed by atoms with Gasteiger partial charge in [-0.15, -0.1) is 0 Å². The number of H-pyrrole nitrogens is 1. The number of benzene rings is 1. The van der Waals surface area contributed by atoms with Crippen LogP contribution in [-0.2, 0) is 6.42 Å². The van der Waals surface area contributed by atoms with Crippen LogP contribution in [0.15, 0.2) is 24.4 Å². The van der Waals surface area contributed by atoms with Crippen LogP contribution < -0.4 is 0 Å². The molecular weight excluding hydrogens is 317 g/mol. The molecule has 0 spiro atoms. The van der Waals surface area contributed by atoms with Crippen molar-refractivity contribution in [2.24, 2.45) is 0 Å². The van der Waals surface area contributed by atoms with Crippen molar-refractivity contribution in [1.29, 1.82) is 0 Å². The number of carboxylic acid groups (broad SMARTS) is 1. The zero-order chi connectivity index (χ0) is 16.8. The second-order valence-corrected chi connectivity index (χ2v) is 6.08. The molecule has 0 saturated carbocycles. The lowest BCUT2D eigenvalue weighted by molar-refractivity contribution is 0.0686. The summed E-state index contributed by atoms with van der Waals surface area (Å²) in [4.78, 5) is 13.3. The first-order valence-electron chi connectivity index (χ1n) is 7.93. The second-order valence-electron chi connectivity index (χ2n) is 5.67. The molecule has 0 unspecified atom stereocenters. The van der Waals surface area contributed by atoms with Crippen LogP contribution >= 0.6 is 11.6 Å². The van der Waals surface area contributed by atoms with Crippen molar-refractivity contribution < 1.29 is 14.3 Å². The first-order chi connectivity index (χ1) is 11.0. The van der Waals surface area contributed by atoms with E-state index in [2.05, 4.69) is 11.9 Å². The molecule has 5 heteroatoms. The lowest BCUT2D eigenvalue weighted by Crippen LogP contribution is -1.99. The topological polar surface area (TPSA) is 53.1 Å². The smallest absolute Gasteiger partial charge is 0.355 e. The molecule has 2 rings (SSSR count). The molecule has 1 aromatic carbocycles. The Morgan fingerprint density at radius 2 is 1.96 bits per heavy atom. The number of hydrogen-bond donors (Lipinski definition) is 2. The predicted molar refractivity (Wildman–Crippen MR) is 90.6 cm³/mol. The number of halogens is 2. The van der Waals surface area contributed by atoms with Crippen LogP contribution in [0.4, 0.5) is 4.39 Å². The van der Waals surface area contributed by atoms with Crippen molar-refractivity contribution in [3.63, 3.8) is 0 Å². The van der Waals surface area contributed by atoms with Gasteiger partial charge < -0.3 is 10.1 Å². The highest BCUT2D eigenvalue weighted by atomic mass is 35.5. The molecule has 0 atom stereocenters. The van der Waals surface area contributed by atoms with E-state index in [4.69, 9.17) is 16.7 Å². The number of rotatable bonds is 8. The molecule has 1 aromatic heterocycles. The number of aryl methyl sites for hydroxylation is 1. The van der Waals surface area contributed by atoms with Crippen molar-refractivity contribution in [1.82, 2.24) is 4.98 Å². The van der Waals surface area contributed by atoms with Crippen LogP contribution in [0, 0.1) is 5.82 Å². The monoisotopic (exact) mass is 337 g/mol. The van der Waals surface area contributed by atoms with Crippen molar-refractivity contribution >= 4 is 17.6 Å². The molecule has 0 aliphatic carbocycles. The van der Waals surface area contributed by atoms with E-state index in [-0.39, 0.29) is 5.56 Å². The van der Waals surface area contributed by atoms with Gasteiger partial charge >= 0.3 is 5.97 Å². The Kier molecular flexibility index (Phi) is 6.22. The van der Waals surface area contributed by atoms with E-state index in [0.717, 1.165) is 18.4 Å². The molecule has 23 heavy (non-hydrogen) atoms. The molecule has 0 aliphatic rings. The predicted octanol–water partition coefficient (Wildman–Crippen LogP) is 5.69. The lowest BCUT2D eigenvalue weighted by atomic mass is 10.0. The van der Waals surface area contributed by atoms with Gasteiger partial charge in [0.25, 0.3) is 0 Å². The van der Waals surface area contributed by atoms with E-state index >= 15 is 0 Å². The van der Waals surface area contributed by atoms with E-state index in [1.807, 2.05) is 12.1 Å². The molecule has 0 aliphatic heterocycles. The Morgan fingerprint density at radius 1 is 1.22 bits per heavy atom. The van der Waals surface area contributed by atoms with Gasteiger partial charge in [-0.1, -0.05) is 56.3 Å². The summed E-state index contributed by atoms with van der Waals surface area (Å²) >= 11 is 6.26. The van der Waals surface area contributed by atoms with Gasteiger partial charge in [-0.05, 0) is 24.5 Å². The summed E-state index contributed by atoms with van der Waals surface area (Å²) in [6.45, 7) is 2.19. The van der Waals surface area contributed by atoms with Gasteiger partial charge in [-0.3, -0.25) is 0 Å². The molecule has 124 valence electrons. The zero-order valence-electron chi connectivity index (χ0n) is 13.2. The van der Waals surface area contributed by atoms with Gasteiger partial charge in [0.1, 0.15) is 0 Å². The minimum absolute atomic E-state index is 0.182. The van der Waals surface area contributed by atoms with E-state index in [1.54, 1.807) is 6.07 Å². The molecule has 2 N–H and O–H groups in total. The molecule has 3 nitrogen and oxygen atoms in total. The Bertz CT molecular complexity index is 682. The standard InChI is InChI=1S/C18H21ClFNO2/c1-2-3-4-5-6-7-12-8-9-13(15(19)10-12)14-11-21-17(16(14)20)18(22)23/h8-11,21H,2-7H2,1H3,(H,22,23). The number of unbranched alkanes of at least 4 members (excludes halogenated alkanes) is 4. The van der Waals surface area contributed by atoms with Gasteiger partial charge in [-0.2, -0.15) is 0 Å². The Morgan fingerprint density at radius 3 is 2.57 bits per heavy atom. The molecule has 0 saturated heterocycles. The third-order valence-corrected chi connectivity index (χ3v) is 4.24. The van der Waals surface area contributed by atoms with E-state index < -0.39 is 17.5 Å². The van der Waals surface area contributed by atoms with E-state index in [9.17, 15) is 9.18 Å². The number of hydrogen-bond acceptors (Lipinski definition) is 1. The molecule has 2 aromatic rings. The first kappa shape index (κ1) is 17.5. The molecular formula is C18H21ClFNO2. The molecule has 0 bridgehead atoms. The fraction of sp³-hybridized carbons (Fsp3) is 0.389. The molecule has 0 radical (unpaired) electrons. The molecule has 0 amide bonds. The highest BCUT2D eigenvalue weighted by molar-refractivity contribution is 6.33. The summed E-state index contributed by atoms with van der Waals surface area (Å²) < 4.78 is 14.1. The van der Waals surface area contributed by atoms with Gasteiger partial charge in [-0.25, -0.2) is 9.18 Å². The van der Waals surface area contributed by atoms with Crippen molar-refractivity contribution in [2.45, 2.75) is 45.4 Å². The van der Waals surface area contributed by atoms with Gasteiger partial charge in [0, 0.05) is 22.3 Å². The Balaban J connectivity index is 2.09. The number of aromatic amines is 1. The van der Waals surface area contributed by atoms with Gasteiger partial charge in [0.2, 0.25) is 0 Å². The second kappa shape index (κ2) is 8.16. The third kappa shape index (κ3) is 4.35. The third-order valence-electron chi connectivity index (χ3n) is 3.92. The highest BCUT2D eigenvalue weighted by Gasteiger charge is 2.19. The fourth-order valence-electron chi connectivity index (χ4n) is 2.62. The van der Waals surface area contributed by atoms with Crippen molar-refractivity contribution in [3.05, 3.63) is 46.5 Å². The Hall–Kier alpha value is -1.81. The van der Waals surface area contributed by atoms with Crippen molar-refractivity contribution in [3.8, 4) is 11.1 Å². The van der Waals surface area contributed by atoms with Crippen LogP contribution in [0.1, 0.15) is 55.1 Å². The quantitative estimate of drug-likeness (QED) is 0.608. The summed E-state index contributed by atoms with van der Waals surface area (Å²) in [7, 11) is 0. The van der Waals surface area contributed by atoms with Crippen LogP contribution in [-0.4, -0.2) is 16.1 Å². The summed E-state index contributed by atoms with van der Waals surface area (Å²) in [5.41, 5.74) is 1.35. The van der Waals surface area contributed by atoms with Crippen molar-refractivity contribution in [2.75, 3.05) is 0 Å². The summed E-state index contributed by atoms with van der Waals surface area (Å²) in [6.07, 6.45) is 8.32. The van der Waals surface area contributed by atoms with Crippen LogP contribution in [0.5, 0.6) is 0 Å². The minimum Gasteiger partial charge on any atom is -0.476 e. The first-order valence-corrected chi connectivity index (χ1v) is 8.31. The van der Waals surface area contributed by atoms with E-state index in [1.165, 1.54) is 31.9 Å². The van der Waals surface area contributed by atoms with Gasteiger partial charge in [0.05, 0.1) is 0 Å². The van der Waals surface area contributed by atoms with Crippen LogP contribution in [0.3, 0.4) is 0 Å². The minimum atomic E-state index is -1.33. The van der Waals surface area contributed by atoms with Crippen LogP contribution in [0.25, 0.3) is 11.1 Å². The SMILES string of the molecule is CCCCCCCc1ccc(-c2c[nH]c(C(=O)O)c2F)c(Cl)c1. The summed E-state index contributed by atoms with van der Waals surface area (Å²) in [5.74, 6) is -2.11. The number of aromatic nitrogens is 1. The average Bonchev–Trinajstić information content (AvgIpc) is 2.89. The number of carboxylic acids is 1. The van der Waals surface area contributed by atoms with Crippen LogP contribution in [0.2, 0.25) is 5.02 Å². The summed E-state index contributed by atoms with van der Waals surface area (Å²) in [6, 6.07) is 5.51. The molecule has 1 heterocycles. The number of carbonyl (C=O) groups is 1. The largest absolute Gasteiger partial charge is 0.476 e.